The van der Waals surface area contributed by atoms with Gasteiger partial charge < -0.3 is 4.74 Å². The Kier molecular flexibility index (Phi) is 4.42. The molecular weight excluding hydrogens is 200 g/mol. The third-order valence-electron chi connectivity index (χ3n) is 3.78. The van der Waals surface area contributed by atoms with Gasteiger partial charge in [0.2, 0.25) is 0 Å². The largest absolute Gasteiger partial charge is 0.370 e. The first-order chi connectivity index (χ1) is 6.98. The van der Waals surface area contributed by atoms with E-state index in [0.717, 1.165) is 0 Å². The van der Waals surface area contributed by atoms with Gasteiger partial charge in [-0.25, -0.2) is 0 Å². The van der Waals surface area contributed by atoms with Crippen molar-refractivity contribution in [1.82, 2.24) is 0 Å². The average molecular weight is 228 g/mol. The molecule has 0 amide bonds. The first-order valence-corrected chi connectivity index (χ1v) is 10.2. The molecule has 0 aliphatic carbocycles. The summed E-state index contributed by atoms with van der Waals surface area (Å²) < 4.78 is 6.12. The second-order valence-corrected chi connectivity index (χ2v) is 11.3. The molecule has 0 unspecified atom stereocenters. The normalized spacial score (nSPS) is 30.6. The Bertz CT molecular complexity index is 197. The van der Waals surface area contributed by atoms with Gasteiger partial charge in [-0.05, 0) is 12.8 Å². The number of epoxide rings is 1. The molecule has 1 rings (SSSR count). The van der Waals surface area contributed by atoms with Crippen molar-refractivity contribution in [3.05, 3.63) is 0 Å². The summed E-state index contributed by atoms with van der Waals surface area (Å²) in [5, 5.41) is 0.343. The zero-order chi connectivity index (χ0) is 11.5. The Morgan fingerprint density at radius 3 is 2.20 bits per heavy atom. The second kappa shape index (κ2) is 5.01. The first-order valence-electron chi connectivity index (χ1n) is 6.65. The van der Waals surface area contributed by atoms with Crippen molar-refractivity contribution >= 4 is 8.07 Å². The van der Waals surface area contributed by atoms with Crippen molar-refractivity contribution in [2.45, 2.75) is 83.3 Å². The number of rotatable bonds is 7. The van der Waals surface area contributed by atoms with Crippen LogP contribution in [0.4, 0.5) is 0 Å². The highest BCUT2D eigenvalue weighted by atomic mass is 28.3. The van der Waals surface area contributed by atoms with Crippen LogP contribution in [0.3, 0.4) is 0 Å². The molecule has 1 nitrogen and oxygen atoms in total. The molecule has 0 spiro atoms. The lowest BCUT2D eigenvalue weighted by molar-refractivity contribution is 0.325. The fourth-order valence-corrected chi connectivity index (χ4v) is 5.32. The Labute approximate surface area is 96.6 Å². The van der Waals surface area contributed by atoms with E-state index in [9.17, 15) is 0 Å². The molecule has 0 saturated carbocycles. The number of ether oxygens (including phenoxy) is 1. The summed E-state index contributed by atoms with van der Waals surface area (Å²) in [6.07, 6.45) is 8.52. The predicted octanol–water partition coefficient (Wildman–Crippen LogP) is 4.38. The van der Waals surface area contributed by atoms with Crippen molar-refractivity contribution in [1.29, 1.82) is 0 Å². The van der Waals surface area contributed by atoms with Crippen molar-refractivity contribution < 1.29 is 4.74 Å². The van der Waals surface area contributed by atoms with Crippen LogP contribution < -0.4 is 0 Å². The maximum atomic E-state index is 6.12. The molecule has 0 aromatic rings. The van der Waals surface area contributed by atoms with E-state index in [2.05, 4.69) is 33.5 Å². The zero-order valence-corrected chi connectivity index (χ0v) is 12.2. The van der Waals surface area contributed by atoms with E-state index in [1.807, 2.05) is 0 Å². The predicted molar refractivity (Wildman–Crippen MR) is 70.0 cm³/mol. The highest BCUT2D eigenvalue weighted by Crippen LogP contribution is 2.50. The van der Waals surface area contributed by atoms with Gasteiger partial charge in [-0.1, -0.05) is 59.2 Å². The molecule has 0 N–H and O–H groups in total. The van der Waals surface area contributed by atoms with Gasteiger partial charge in [0.25, 0.3) is 0 Å². The van der Waals surface area contributed by atoms with Crippen molar-refractivity contribution in [3.63, 3.8) is 0 Å². The van der Waals surface area contributed by atoms with Gasteiger partial charge in [-0.3, -0.25) is 0 Å². The lowest BCUT2D eigenvalue weighted by Gasteiger charge is -2.26. The summed E-state index contributed by atoms with van der Waals surface area (Å²) in [4.78, 5) is 0. The molecule has 1 aliphatic rings. The van der Waals surface area contributed by atoms with Crippen LogP contribution in [0.2, 0.25) is 19.6 Å². The summed E-state index contributed by atoms with van der Waals surface area (Å²) in [5.74, 6) is 0. The molecule has 90 valence electrons. The second-order valence-electron chi connectivity index (χ2n) is 5.99. The van der Waals surface area contributed by atoms with E-state index < -0.39 is 8.07 Å². The van der Waals surface area contributed by atoms with Crippen molar-refractivity contribution in [3.8, 4) is 0 Å². The van der Waals surface area contributed by atoms with E-state index in [4.69, 9.17) is 4.74 Å². The maximum absolute atomic E-state index is 6.12. The molecule has 2 atom stereocenters. The lowest BCUT2D eigenvalue weighted by atomic mass is 10.1. The van der Waals surface area contributed by atoms with E-state index in [-0.39, 0.29) is 0 Å². The monoisotopic (exact) mass is 228 g/mol. The quantitative estimate of drug-likeness (QED) is 0.358. The number of hydrogen-bond donors (Lipinski definition) is 0. The topological polar surface area (TPSA) is 12.5 Å². The average Bonchev–Trinajstić information content (AvgIpc) is 2.80. The van der Waals surface area contributed by atoms with Crippen LogP contribution in [0, 0.1) is 0 Å². The van der Waals surface area contributed by atoms with Crippen molar-refractivity contribution in [2.75, 3.05) is 0 Å². The summed E-state index contributed by atoms with van der Waals surface area (Å²) in [7, 11) is -1.14. The highest BCUT2D eigenvalue weighted by molar-refractivity contribution is 6.79. The number of hydrogen-bond acceptors (Lipinski definition) is 1. The third kappa shape index (κ3) is 2.85. The van der Waals surface area contributed by atoms with Crippen LogP contribution in [0.15, 0.2) is 0 Å². The van der Waals surface area contributed by atoms with E-state index in [1.54, 1.807) is 0 Å². The molecule has 15 heavy (non-hydrogen) atoms. The molecule has 0 bridgehead atoms. The maximum Gasteiger partial charge on any atom is 0.0858 e. The Balaban J connectivity index is 2.44. The van der Waals surface area contributed by atoms with Crippen LogP contribution in [-0.2, 0) is 4.74 Å². The van der Waals surface area contributed by atoms with Crippen LogP contribution in [0.25, 0.3) is 0 Å². The van der Waals surface area contributed by atoms with Crippen LogP contribution in [0.5, 0.6) is 0 Å². The molecule has 1 heterocycles. The Morgan fingerprint density at radius 1 is 1.07 bits per heavy atom. The standard InChI is InChI=1S/C13H28OSi/c1-6-8-9-10-12-13(14-12,11-7-2)15(3,4)5/h12H,6-11H2,1-5H3/t12-,13+/m1/s1. The van der Waals surface area contributed by atoms with Gasteiger partial charge in [-0.15, -0.1) is 0 Å². The van der Waals surface area contributed by atoms with Crippen molar-refractivity contribution in [2.24, 2.45) is 0 Å². The van der Waals surface area contributed by atoms with E-state index >= 15 is 0 Å². The minimum atomic E-state index is -1.14. The van der Waals surface area contributed by atoms with E-state index in [1.165, 1.54) is 38.5 Å². The third-order valence-corrected chi connectivity index (χ3v) is 7.01. The molecule has 1 aliphatic heterocycles. The van der Waals surface area contributed by atoms with Crippen LogP contribution in [0.1, 0.15) is 52.4 Å². The summed E-state index contributed by atoms with van der Waals surface area (Å²) in [6, 6.07) is 0. The Hall–Kier alpha value is 0.177. The van der Waals surface area contributed by atoms with Gasteiger partial charge in [0, 0.05) is 0 Å². The van der Waals surface area contributed by atoms with Gasteiger partial charge in [0.15, 0.2) is 0 Å². The summed E-state index contributed by atoms with van der Waals surface area (Å²) in [6.45, 7) is 11.9. The van der Waals surface area contributed by atoms with Gasteiger partial charge in [-0.2, -0.15) is 0 Å². The minimum Gasteiger partial charge on any atom is -0.370 e. The first kappa shape index (κ1) is 13.2. The SMILES string of the molecule is CCCCC[C@H]1O[C@@]1(CCC)[Si](C)(C)C. The van der Waals surface area contributed by atoms with E-state index in [0.29, 0.717) is 11.3 Å². The minimum absolute atomic E-state index is 0.343. The highest BCUT2D eigenvalue weighted by Gasteiger charge is 2.62. The van der Waals surface area contributed by atoms with Crippen LogP contribution in [-0.4, -0.2) is 19.4 Å². The molecule has 0 radical (unpaired) electrons. The molecule has 0 aromatic heterocycles. The molecule has 1 fully saturated rings. The van der Waals surface area contributed by atoms with Gasteiger partial charge in [0.1, 0.15) is 0 Å². The summed E-state index contributed by atoms with van der Waals surface area (Å²) >= 11 is 0. The fraction of sp³-hybridized carbons (Fsp3) is 1.00. The molecule has 0 aromatic carbocycles. The number of unbranched alkanes of at least 4 members (excludes halogenated alkanes) is 2. The smallest absolute Gasteiger partial charge is 0.0858 e. The zero-order valence-electron chi connectivity index (χ0n) is 11.2. The summed E-state index contributed by atoms with van der Waals surface area (Å²) in [5.41, 5.74) is 0. The Morgan fingerprint density at radius 2 is 1.73 bits per heavy atom. The molecule has 2 heteroatoms. The van der Waals surface area contributed by atoms with Crippen LogP contribution >= 0.6 is 0 Å². The van der Waals surface area contributed by atoms with Gasteiger partial charge >= 0.3 is 0 Å². The molecular formula is C13H28OSi. The molecule has 1 saturated heterocycles. The van der Waals surface area contributed by atoms with Gasteiger partial charge in [0.05, 0.1) is 19.4 Å². The fourth-order valence-electron chi connectivity index (χ4n) is 2.72. The lowest BCUT2D eigenvalue weighted by Crippen LogP contribution is -2.43.